The minimum atomic E-state index is -0.248. The Kier molecular flexibility index (Phi) is 13.6. The second kappa shape index (κ2) is 14.3. The topological polar surface area (TPSA) is 26.3 Å². The summed E-state index contributed by atoms with van der Waals surface area (Å²) in [6.45, 7) is 2.26. The van der Waals surface area contributed by atoms with Gasteiger partial charge in [0.25, 0.3) is 0 Å². The van der Waals surface area contributed by atoms with Crippen LogP contribution < -0.4 is 0 Å². The maximum Gasteiger partial charge on any atom is 0.330 e. The Morgan fingerprint density at radius 1 is 0.889 bits per heavy atom. The van der Waals surface area contributed by atoms with Crippen molar-refractivity contribution in [3.05, 3.63) is 12.2 Å². The van der Waals surface area contributed by atoms with Gasteiger partial charge in [-0.25, -0.2) is 4.79 Å². The molecule has 0 atom stereocenters. The number of ether oxygens (including phenoxy) is 1. The number of esters is 1. The lowest BCUT2D eigenvalue weighted by Crippen LogP contribution is -1.93. The van der Waals surface area contributed by atoms with E-state index in [1.807, 2.05) is 6.08 Å². The third-order valence-corrected chi connectivity index (χ3v) is 3.18. The van der Waals surface area contributed by atoms with Crippen LogP contribution >= 0.6 is 0 Å². The fourth-order valence-electron chi connectivity index (χ4n) is 2.00. The van der Waals surface area contributed by atoms with Crippen LogP contribution in [0, 0.1) is 0 Å². The lowest BCUT2D eigenvalue weighted by molar-refractivity contribution is -0.134. The Balaban J connectivity index is 3.07. The van der Waals surface area contributed by atoms with Crippen LogP contribution in [0.3, 0.4) is 0 Å². The molecule has 0 N–H and O–H groups in total. The Bertz CT molecular complexity index is 209. The highest BCUT2D eigenvalue weighted by Gasteiger charge is 1.93. The number of hydrogen-bond acceptors (Lipinski definition) is 2. The summed E-state index contributed by atoms with van der Waals surface area (Å²) in [7, 11) is 1.41. The van der Waals surface area contributed by atoms with Gasteiger partial charge in [0.15, 0.2) is 0 Å². The molecule has 0 aromatic carbocycles. The van der Waals surface area contributed by atoms with Gasteiger partial charge in [-0.15, -0.1) is 0 Å². The van der Waals surface area contributed by atoms with Gasteiger partial charge in [-0.2, -0.15) is 0 Å². The number of rotatable bonds is 12. The predicted molar refractivity (Wildman–Crippen MR) is 77.6 cm³/mol. The number of hydrogen-bond donors (Lipinski definition) is 0. The first kappa shape index (κ1) is 17.2. The molecule has 0 heterocycles. The average molecular weight is 254 g/mol. The van der Waals surface area contributed by atoms with Crippen LogP contribution in [0.1, 0.15) is 77.6 Å². The average Bonchev–Trinajstić information content (AvgIpc) is 2.39. The van der Waals surface area contributed by atoms with Crippen LogP contribution in [-0.2, 0) is 9.53 Å². The number of methoxy groups -OCH3 is 1. The van der Waals surface area contributed by atoms with E-state index in [4.69, 9.17) is 0 Å². The molecule has 0 unspecified atom stereocenters. The van der Waals surface area contributed by atoms with Gasteiger partial charge in [-0.05, 0) is 12.8 Å². The first-order valence-corrected chi connectivity index (χ1v) is 7.55. The number of carbonyl (C=O) groups is 1. The smallest absolute Gasteiger partial charge is 0.330 e. The third kappa shape index (κ3) is 13.3. The third-order valence-electron chi connectivity index (χ3n) is 3.18. The Hall–Kier alpha value is -0.790. The van der Waals surface area contributed by atoms with Crippen molar-refractivity contribution in [2.45, 2.75) is 77.6 Å². The van der Waals surface area contributed by atoms with E-state index in [9.17, 15) is 4.79 Å². The van der Waals surface area contributed by atoms with Crippen LogP contribution in [-0.4, -0.2) is 13.1 Å². The van der Waals surface area contributed by atoms with E-state index in [0.29, 0.717) is 0 Å². The molecular weight excluding hydrogens is 224 g/mol. The van der Waals surface area contributed by atoms with E-state index in [0.717, 1.165) is 6.42 Å². The Labute approximate surface area is 113 Å². The minimum Gasteiger partial charge on any atom is -0.466 e. The Morgan fingerprint density at radius 2 is 1.39 bits per heavy atom. The van der Waals surface area contributed by atoms with Crippen LogP contribution in [0.5, 0.6) is 0 Å². The first-order chi connectivity index (χ1) is 8.81. The van der Waals surface area contributed by atoms with Crippen molar-refractivity contribution < 1.29 is 9.53 Å². The standard InChI is InChI=1S/C16H30O2/c1-3-4-5-6-7-8-9-10-11-12-13-14-15-16(17)18-2/h14-15H,3-13H2,1-2H3. The van der Waals surface area contributed by atoms with Crippen molar-refractivity contribution >= 4 is 5.97 Å². The monoisotopic (exact) mass is 254 g/mol. The zero-order chi connectivity index (χ0) is 13.5. The number of carbonyl (C=O) groups excluding carboxylic acids is 1. The molecule has 0 saturated heterocycles. The summed E-state index contributed by atoms with van der Waals surface area (Å²) in [5, 5.41) is 0. The maximum absolute atomic E-state index is 10.8. The molecule has 0 bridgehead atoms. The van der Waals surface area contributed by atoms with Crippen LogP contribution in [0.15, 0.2) is 12.2 Å². The number of unbranched alkanes of at least 4 members (excludes halogenated alkanes) is 10. The lowest BCUT2D eigenvalue weighted by Gasteiger charge is -2.01. The summed E-state index contributed by atoms with van der Waals surface area (Å²) in [5.41, 5.74) is 0. The van der Waals surface area contributed by atoms with Gasteiger partial charge in [-0.1, -0.05) is 70.8 Å². The molecule has 0 rings (SSSR count). The first-order valence-electron chi connectivity index (χ1n) is 7.55. The molecule has 0 aromatic rings. The van der Waals surface area contributed by atoms with Gasteiger partial charge in [-0.3, -0.25) is 0 Å². The molecule has 0 radical (unpaired) electrons. The van der Waals surface area contributed by atoms with Gasteiger partial charge in [0.2, 0.25) is 0 Å². The van der Waals surface area contributed by atoms with E-state index >= 15 is 0 Å². The van der Waals surface area contributed by atoms with Gasteiger partial charge >= 0.3 is 5.97 Å². The second-order valence-electron chi connectivity index (χ2n) is 4.90. The number of allylic oxidation sites excluding steroid dienone is 1. The maximum atomic E-state index is 10.8. The van der Waals surface area contributed by atoms with Gasteiger partial charge in [0.05, 0.1) is 7.11 Å². The van der Waals surface area contributed by atoms with Crippen molar-refractivity contribution in [1.82, 2.24) is 0 Å². The summed E-state index contributed by atoms with van der Waals surface area (Å²) < 4.78 is 4.52. The highest BCUT2D eigenvalue weighted by molar-refractivity contribution is 5.81. The largest absolute Gasteiger partial charge is 0.466 e. The quantitative estimate of drug-likeness (QED) is 0.277. The van der Waals surface area contributed by atoms with E-state index in [1.54, 1.807) is 0 Å². The molecule has 18 heavy (non-hydrogen) atoms. The van der Waals surface area contributed by atoms with Gasteiger partial charge in [0.1, 0.15) is 0 Å². The zero-order valence-corrected chi connectivity index (χ0v) is 12.2. The summed E-state index contributed by atoms with van der Waals surface area (Å²) in [4.78, 5) is 10.8. The van der Waals surface area contributed by atoms with Crippen LogP contribution in [0.2, 0.25) is 0 Å². The Morgan fingerprint density at radius 3 is 1.89 bits per heavy atom. The van der Waals surface area contributed by atoms with E-state index < -0.39 is 0 Å². The van der Waals surface area contributed by atoms with E-state index in [-0.39, 0.29) is 5.97 Å². The predicted octanol–water partition coefficient (Wildman–Crippen LogP) is 5.03. The minimum absolute atomic E-state index is 0.248. The fraction of sp³-hybridized carbons (Fsp3) is 0.812. The van der Waals surface area contributed by atoms with Crippen LogP contribution in [0.25, 0.3) is 0 Å². The van der Waals surface area contributed by atoms with Gasteiger partial charge in [0, 0.05) is 6.08 Å². The molecule has 2 heteroatoms. The molecule has 0 aliphatic carbocycles. The highest BCUT2D eigenvalue weighted by Crippen LogP contribution is 2.11. The molecular formula is C16H30O2. The van der Waals surface area contributed by atoms with Crippen molar-refractivity contribution in [3.63, 3.8) is 0 Å². The molecule has 0 aromatic heterocycles. The van der Waals surface area contributed by atoms with Crippen molar-refractivity contribution in [2.24, 2.45) is 0 Å². The molecule has 0 saturated carbocycles. The fourth-order valence-corrected chi connectivity index (χ4v) is 2.00. The summed E-state index contributed by atoms with van der Waals surface area (Å²) in [6, 6.07) is 0. The van der Waals surface area contributed by atoms with Crippen molar-refractivity contribution in [2.75, 3.05) is 7.11 Å². The molecule has 0 amide bonds. The van der Waals surface area contributed by atoms with Crippen molar-refractivity contribution in [1.29, 1.82) is 0 Å². The molecule has 106 valence electrons. The zero-order valence-electron chi connectivity index (χ0n) is 12.2. The van der Waals surface area contributed by atoms with E-state index in [2.05, 4.69) is 11.7 Å². The molecule has 0 spiro atoms. The molecule has 2 nitrogen and oxygen atoms in total. The normalized spacial score (nSPS) is 11.0. The summed E-state index contributed by atoms with van der Waals surface area (Å²) >= 11 is 0. The highest BCUT2D eigenvalue weighted by atomic mass is 16.5. The second-order valence-corrected chi connectivity index (χ2v) is 4.90. The van der Waals surface area contributed by atoms with Crippen molar-refractivity contribution in [3.8, 4) is 0 Å². The van der Waals surface area contributed by atoms with Gasteiger partial charge < -0.3 is 4.74 Å². The molecule has 0 aliphatic rings. The van der Waals surface area contributed by atoms with Crippen LogP contribution in [0.4, 0.5) is 0 Å². The van der Waals surface area contributed by atoms with E-state index in [1.165, 1.54) is 77.4 Å². The summed E-state index contributed by atoms with van der Waals surface area (Å²) in [5.74, 6) is -0.248. The lowest BCUT2D eigenvalue weighted by atomic mass is 10.1. The SMILES string of the molecule is CCCCCCCCCCCCC=CC(=O)OC. The molecule has 0 fully saturated rings. The summed E-state index contributed by atoms with van der Waals surface area (Å²) in [6.07, 6.45) is 17.9. The molecule has 0 aliphatic heterocycles.